The predicted octanol–water partition coefficient (Wildman–Crippen LogP) is 5.29. The van der Waals surface area contributed by atoms with E-state index >= 15 is 0 Å². The number of hydrogen-bond donors (Lipinski definition) is 3. The van der Waals surface area contributed by atoms with Crippen molar-refractivity contribution >= 4 is 66.7 Å². The smallest absolute Gasteiger partial charge is 0.263 e. The van der Waals surface area contributed by atoms with Crippen molar-refractivity contribution in [2.45, 2.75) is 25.2 Å². The van der Waals surface area contributed by atoms with Gasteiger partial charge in [-0.3, -0.25) is 10.1 Å². The molecule has 0 amide bonds. The first-order chi connectivity index (χ1) is 20.2. The molecular formula is C28H31N7O3S4. The number of piperazine rings is 1. The van der Waals surface area contributed by atoms with Gasteiger partial charge in [-0.15, -0.1) is 21.5 Å². The second-order valence-corrected chi connectivity index (χ2v) is 13.8. The molecule has 3 N–H and O–H groups in total. The van der Waals surface area contributed by atoms with E-state index in [0.29, 0.717) is 49.2 Å². The Morgan fingerprint density at radius 1 is 1.05 bits per heavy atom. The summed E-state index contributed by atoms with van der Waals surface area (Å²) >= 11 is 8.53. The van der Waals surface area contributed by atoms with Crippen LogP contribution in [0.3, 0.4) is 0 Å². The number of thiophene rings is 1. The van der Waals surface area contributed by atoms with Crippen molar-refractivity contribution in [3.8, 4) is 16.9 Å². The molecule has 0 atom stereocenters. The Kier molecular flexibility index (Phi) is 9.06. The molecule has 2 aromatic carbocycles. The molecule has 2 aromatic heterocycles. The topological polar surface area (TPSA) is 124 Å². The minimum absolute atomic E-state index is 0.122. The van der Waals surface area contributed by atoms with Crippen LogP contribution in [-0.2, 0) is 16.4 Å². The maximum atomic E-state index is 12.7. The number of aromatic nitrogens is 2. The number of thiocarbonyl (C=S) groups is 1. The normalized spacial score (nSPS) is 13.6. The van der Waals surface area contributed by atoms with Gasteiger partial charge in [0.15, 0.2) is 5.11 Å². The van der Waals surface area contributed by atoms with Crippen LogP contribution in [0.1, 0.15) is 22.4 Å². The summed E-state index contributed by atoms with van der Waals surface area (Å²) in [5, 5.41) is 23.8. The molecule has 0 aliphatic carbocycles. The average molecular weight is 642 g/mol. The van der Waals surface area contributed by atoms with Crippen LogP contribution in [-0.4, -0.2) is 72.7 Å². The highest BCUT2D eigenvalue weighted by atomic mass is 32.2. The van der Waals surface area contributed by atoms with Crippen LogP contribution in [0.15, 0.2) is 58.8 Å². The van der Waals surface area contributed by atoms with E-state index in [1.165, 1.54) is 23.5 Å². The summed E-state index contributed by atoms with van der Waals surface area (Å²) in [4.78, 5) is 5.39. The Bertz CT molecular complexity index is 1670. The number of hydrogen-bond acceptors (Lipinski definition) is 9. The molecule has 10 nitrogen and oxygen atoms in total. The number of nitrogens with one attached hydrogen (secondary N) is 3. The highest BCUT2D eigenvalue weighted by Crippen LogP contribution is 2.33. The summed E-state index contributed by atoms with van der Waals surface area (Å²) < 4.78 is 33.3. The first-order valence-corrected chi connectivity index (χ1v) is 16.8. The second kappa shape index (κ2) is 12.7. The van der Waals surface area contributed by atoms with Crippen molar-refractivity contribution < 1.29 is 13.2 Å². The van der Waals surface area contributed by atoms with Gasteiger partial charge in [0, 0.05) is 47.9 Å². The number of benzene rings is 2. The van der Waals surface area contributed by atoms with E-state index in [2.05, 4.69) is 42.3 Å². The lowest BCUT2D eigenvalue weighted by atomic mass is 10.0. The number of aryl methyl sites for hydroxylation is 2. The molecule has 0 spiro atoms. The Morgan fingerprint density at radius 3 is 2.33 bits per heavy atom. The fourth-order valence-corrected chi connectivity index (χ4v) is 7.64. The Labute approximate surface area is 258 Å². The molecule has 1 aliphatic heterocycles. The van der Waals surface area contributed by atoms with E-state index in [1.807, 2.05) is 31.2 Å². The number of methoxy groups -OCH3 is 1. The fourth-order valence-electron chi connectivity index (χ4n) is 4.55. The lowest BCUT2D eigenvalue weighted by molar-refractivity contribution is 0.261. The van der Waals surface area contributed by atoms with Gasteiger partial charge in [0.1, 0.15) is 16.6 Å². The average Bonchev–Trinajstić information content (AvgIpc) is 3.62. The van der Waals surface area contributed by atoms with Gasteiger partial charge >= 0.3 is 0 Å². The molecule has 4 aromatic rings. The van der Waals surface area contributed by atoms with Crippen molar-refractivity contribution in [1.82, 2.24) is 20.0 Å². The lowest BCUT2D eigenvalue weighted by Gasteiger charge is -2.37. The van der Waals surface area contributed by atoms with Crippen LogP contribution in [0.5, 0.6) is 5.75 Å². The van der Waals surface area contributed by atoms with E-state index in [-0.39, 0.29) is 10.0 Å². The molecule has 42 heavy (non-hydrogen) atoms. The van der Waals surface area contributed by atoms with Crippen LogP contribution in [0.2, 0.25) is 0 Å². The minimum atomic E-state index is -3.78. The molecule has 0 unspecified atom stereocenters. The maximum Gasteiger partial charge on any atom is 0.263 e. The molecule has 14 heteroatoms. The van der Waals surface area contributed by atoms with Crippen molar-refractivity contribution in [1.29, 1.82) is 5.41 Å². The zero-order chi connectivity index (χ0) is 29.9. The Balaban J connectivity index is 1.17. The second-order valence-electron chi connectivity index (χ2n) is 9.55. The monoisotopic (exact) mass is 641 g/mol. The third-order valence-corrected chi connectivity index (χ3v) is 10.6. The number of amidine groups is 1. The summed E-state index contributed by atoms with van der Waals surface area (Å²) in [6, 6.07) is 14.3. The van der Waals surface area contributed by atoms with E-state index in [1.54, 1.807) is 30.6 Å². The standard InChI is InChI=1S/C28H31N7O3S4/c1-4-24-31-32-27(41-24)33-42(36,37)22-11-7-20(8-12-22)30-28(39)35-15-13-34(14-16-35)26(29)25-18(2)40-17-23(25)19-5-9-21(38-3)10-6-19/h5-12,17,29H,4,13-16H2,1-3H3,(H,30,39)(H,32,33). The summed E-state index contributed by atoms with van der Waals surface area (Å²) in [7, 11) is -2.13. The summed E-state index contributed by atoms with van der Waals surface area (Å²) in [5.74, 6) is 1.32. The molecule has 1 saturated heterocycles. The minimum Gasteiger partial charge on any atom is -0.497 e. The molecule has 220 valence electrons. The van der Waals surface area contributed by atoms with Crippen molar-refractivity contribution in [3.63, 3.8) is 0 Å². The predicted molar refractivity (Wildman–Crippen MR) is 174 cm³/mol. The number of sulfonamides is 1. The van der Waals surface area contributed by atoms with Crippen molar-refractivity contribution in [3.05, 3.63) is 69.4 Å². The first-order valence-electron chi connectivity index (χ1n) is 13.3. The molecule has 3 heterocycles. The molecule has 0 saturated carbocycles. The first kappa shape index (κ1) is 29.9. The van der Waals surface area contributed by atoms with Crippen LogP contribution >= 0.6 is 34.9 Å². The van der Waals surface area contributed by atoms with Crippen LogP contribution in [0.4, 0.5) is 10.8 Å². The van der Waals surface area contributed by atoms with Gasteiger partial charge in [-0.25, -0.2) is 8.42 Å². The number of ether oxygens (including phenoxy) is 1. The summed E-state index contributed by atoms with van der Waals surface area (Å²) in [6.45, 7) is 6.63. The van der Waals surface area contributed by atoms with Crippen LogP contribution in [0.25, 0.3) is 11.1 Å². The van der Waals surface area contributed by atoms with Crippen LogP contribution in [0, 0.1) is 12.3 Å². The lowest BCUT2D eigenvalue weighted by Crippen LogP contribution is -2.51. The molecule has 1 fully saturated rings. The van der Waals surface area contributed by atoms with E-state index in [4.69, 9.17) is 22.4 Å². The van der Waals surface area contributed by atoms with Crippen molar-refractivity contribution in [2.24, 2.45) is 0 Å². The quantitative estimate of drug-likeness (QED) is 0.134. The molecular weight excluding hydrogens is 611 g/mol. The maximum absolute atomic E-state index is 12.7. The van der Waals surface area contributed by atoms with Gasteiger partial charge < -0.3 is 19.9 Å². The molecule has 5 rings (SSSR count). The van der Waals surface area contributed by atoms with Crippen LogP contribution < -0.4 is 14.8 Å². The largest absolute Gasteiger partial charge is 0.497 e. The zero-order valence-corrected chi connectivity index (χ0v) is 26.6. The highest BCUT2D eigenvalue weighted by molar-refractivity contribution is 7.93. The zero-order valence-electron chi connectivity index (χ0n) is 23.4. The fraction of sp³-hybridized carbons (Fsp3) is 0.286. The van der Waals surface area contributed by atoms with Gasteiger partial charge in [0.05, 0.1) is 12.0 Å². The van der Waals surface area contributed by atoms with Gasteiger partial charge in [0.25, 0.3) is 10.0 Å². The highest BCUT2D eigenvalue weighted by Gasteiger charge is 2.25. The van der Waals surface area contributed by atoms with E-state index in [9.17, 15) is 8.42 Å². The van der Waals surface area contributed by atoms with E-state index in [0.717, 1.165) is 32.3 Å². The number of rotatable bonds is 8. The van der Waals surface area contributed by atoms with Gasteiger partial charge in [-0.1, -0.05) is 30.4 Å². The Hall–Kier alpha value is -3.59. The van der Waals surface area contributed by atoms with E-state index < -0.39 is 10.0 Å². The summed E-state index contributed by atoms with van der Waals surface area (Å²) in [6.07, 6.45) is 0.691. The van der Waals surface area contributed by atoms with Gasteiger partial charge in [-0.2, -0.15) is 0 Å². The molecule has 1 aliphatic rings. The van der Waals surface area contributed by atoms with Gasteiger partial charge in [-0.05, 0) is 72.9 Å². The summed E-state index contributed by atoms with van der Waals surface area (Å²) in [5.41, 5.74) is 3.76. The number of anilines is 2. The van der Waals surface area contributed by atoms with Crippen molar-refractivity contribution in [2.75, 3.05) is 43.3 Å². The molecule has 0 radical (unpaired) electrons. The third kappa shape index (κ3) is 6.56. The number of nitrogens with zero attached hydrogens (tertiary/aromatic N) is 4. The Morgan fingerprint density at radius 2 is 1.71 bits per heavy atom. The molecule has 0 bridgehead atoms. The third-order valence-electron chi connectivity index (χ3n) is 6.90. The SMILES string of the molecule is CCc1nnc(NS(=O)(=O)c2ccc(NC(=S)N3CCN(C(=N)c4c(-c5ccc(OC)cc5)csc4C)CC3)cc2)s1. The van der Waals surface area contributed by atoms with Gasteiger partial charge in [0.2, 0.25) is 5.13 Å².